The molecule has 1 rings (SSSR count). The Morgan fingerprint density at radius 3 is 2.53 bits per heavy atom. The average Bonchev–Trinajstić information content (AvgIpc) is 2.41. The van der Waals surface area contributed by atoms with E-state index in [0.717, 1.165) is 24.4 Å². The average molecular weight is 210 g/mol. The van der Waals surface area contributed by atoms with Crippen LogP contribution in [-0.2, 0) is 13.5 Å². The van der Waals surface area contributed by atoms with Gasteiger partial charge in [0.05, 0.1) is 5.69 Å². The van der Waals surface area contributed by atoms with Gasteiger partial charge in [-0.1, -0.05) is 6.92 Å². The van der Waals surface area contributed by atoms with Crippen LogP contribution in [0.5, 0.6) is 0 Å². The van der Waals surface area contributed by atoms with Crippen molar-refractivity contribution in [3.8, 4) is 0 Å². The number of nitrogens with two attached hydrogens (primary N) is 1. The summed E-state index contributed by atoms with van der Waals surface area (Å²) >= 11 is 0. The molecule has 0 aliphatic rings. The van der Waals surface area contributed by atoms with E-state index in [-0.39, 0.29) is 6.04 Å². The molecule has 1 atom stereocenters. The van der Waals surface area contributed by atoms with Crippen LogP contribution in [0.15, 0.2) is 0 Å². The molecule has 0 bridgehead atoms. The SMILES string of the molecule is CCC(N)Cc1c(C)nn(C)c1N(C)C. The highest BCUT2D eigenvalue weighted by molar-refractivity contribution is 5.49. The van der Waals surface area contributed by atoms with Crippen LogP contribution in [0.2, 0.25) is 0 Å². The van der Waals surface area contributed by atoms with Crippen molar-refractivity contribution in [2.45, 2.75) is 32.7 Å². The summed E-state index contributed by atoms with van der Waals surface area (Å²) in [5.41, 5.74) is 8.36. The van der Waals surface area contributed by atoms with Crippen LogP contribution in [0.4, 0.5) is 5.82 Å². The maximum absolute atomic E-state index is 6.00. The van der Waals surface area contributed by atoms with Crippen LogP contribution < -0.4 is 10.6 Å². The van der Waals surface area contributed by atoms with Gasteiger partial charge in [-0.2, -0.15) is 5.10 Å². The first kappa shape index (κ1) is 12.0. The Bertz CT molecular complexity index is 328. The van der Waals surface area contributed by atoms with Crippen molar-refractivity contribution in [3.63, 3.8) is 0 Å². The Balaban J connectivity index is 3.04. The number of anilines is 1. The number of hydrogen-bond acceptors (Lipinski definition) is 3. The lowest BCUT2D eigenvalue weighted by Gasteiger charge is -2.17. The smallest absolute Gasteiger partial charge is 0.129 e. The van der Waals surface area contributed by atoms with Crippen LogP contribution in [0.25, 0.3) is 0 Å². The molecule has 0 aliphatic heterocycles. The van der Waals surface area contributed by atoms with Gasteiger partial charge < -0.3 is 10.6 Å². The summed E-state index contributed by atoms with van der Waals surface area (Å²) in [5.74, 6) is 1.16. The van der Waals surface area contributed by atoms with E-state index >= 15 is 0 Å². The molecule has 0 saturated carbocycles. The Kier molecular flexibility index (Phi) is 3.74. The fourth-order valence-electron chi connectivity index (χ4n) is 1.89. The third kappa shape index (κ3) is 2.50. The van der Waals surface area contributed by atoms with Crippen LogP contribution in [0.1, 0.15) is 24.6 Å². The Morgan fingerprint density at radius 1 is 1.47 bits per heavy atom. The molecule has 1 aromatic heterocycles. The monoisotopic (exact) mass is 210 g/mol. The molecule has 0 amide bonds. The lowest BCUT2D eigenvalue weighted by molar-refractivity contribution is 0.644. The third-order valence-corrected chi connectivity index (χ3v) is 2.73. The predicted octanol–water partition coefficient (Wildman–Crippen LogP) is 1.07. The highest BCUT2D eigenvalue weighted by Gasteiger charge is 2.16. The number of rotatable bonds is 4. The third-order valence-electron chi connectivity index (χ3n) is 2.73. The molecule has 0 saturated heterocycles. The maximum Gasteiger partial charge on any atom is 0.129 e. The number of hydrogen-bond donors (Lipinski definition) is 1. The molecule has 1 unspecified atom stereocenters. The molecule has 0 spiro atoms. The van der Waals surface area contributed by atoms with Gasteiger partial charge in [0.2, 0.25) is 0 Å². The fourth-order valence-corrected chi connectivity index (χ4v) is 1.89. The van der Waals surface area contributed by atoms with E-state index in [9.17, 15) is 0 Å². The summed E-state index contributed by atoms with van der Waals surface area (Å²) in [6.45, 7) is 4.16. The molecule has 1 heterocycles. The lowest BCUT2D eigenvalue weighted by Crippen LogP contribution is -2.23. The van der Waals surface area contributed by atoms with Gasteiger partial charge in [-0.15, -0.1) is 0 Å². The molecule has 15 heavy (non-hydrogen) atoms. The molecule has 1 aromatic rings. The lowest BCUT2D eigenvalue weighted by atomic mass is 10.0. The van der Waals surface area contributed by atoms with Crippen molar-refractivity contribution in [2.75, 3.05) is 19.0 Å². The Labute approximate surface area is 92.1 Å². The predicted molar refractivity (Wildman–Crippen MR) is 64.2 cm³/mol. The molecule has 4 heteroatoms. The van der Waals surface area contributed by atoms with Gasteiger partial charge >= 0.3 is 0 Å². The van der Waals surface area contributed by atoms with Gasteiger partial charge in [0.15, 0.2) is 0 Å². The van der Waals surface area contributed by atoms with Crippen molar-refractivity contribution < 1.29 is 0 Å². The normalized spacial score (nSPS) is 12.9. The topological polar surface area (TPSA) is 47.1 Å². The summed E-state index contributed by atoms with van der Waals surface area (Å²) in [4.78, 5) is 2.09. The molecule has 0 aromatic carbocycles. The maximum atomic E-state index is 6.00. The first-order valence-corrected chi connectivity index (χ1v) is 5.42. The minimum absolute atomic E-state index is 0.228. The summed E-state index contributed by atoms with van der Waals surface area (Å²) < 4.78 is 1.92. The van der Waals surface area contributed by atoms with Crippen molar-refractivity contribution in [3.05, 3.63) is 11.3 Å². The van der Waals surface area contributed by atoms with Crippen molar-refractivity contribution in [1.82, 2.24) is 9.78 Å². The van der Waals surface area contributed by atoms with Crippen LogP contribution >= 0.6 is 0 Å². The fraction of sp³-hybridized carbons (Fsp3) is 0.727. The second-order valence-electron chi connectivity index (χ2n) is 4.28. The van der Waals surface area contributed by atoms with Gasteiger partial charge in [0.1, 0.15) is 5.82 Å². The van der Waals surface area contributed by atoms with Crippen molar-refractivity contribution in [2.24, 2.45) is 12.8 Å². The van der Waals surface area contributed by atoms with Gasteiger partial charge in [0.25, 0.3) is 0 Å². The minimum Gasteiger partial charge on any atom is -0.363 e. The van der Waals surface area contributed by atoms with Crippen LogP contribution in [-0.4, -0.2) is 29.9 Å². The first-order chi connectivity index (χ1) is 6.97. The van der Waals surface area contributed by atoms with Crippen molar-refractivity contribution in [1.29, 1.82) is 0 Å². The molecule has 86 valence electrons. The Hall–Kier alpha value is -1.03. The zero-order valence-electron chi connectivity index (χ0n) is 10.4. The van der Waals surface area contributed by atoms with E-state index in [1.165, 1.54) is 5.56 Å². The number of nitrogens with zero attached hydrogens (tertiary/aromatic N) is 3. The highest BCUT2D eigenvalue weighted by atomic mass is 15.3. The Morgan fingerprint density at radius 2 is 2.07 bits per heavy atom. The quantitative estimate of drug-likeness (QED) is 0.808. The summed E-state index contributed by atoms with van der Waals surface area (Å²) in [6, 6.07) is 0.228. The molecule has 0 aliphatic carbocycles. The molecule has 0 fully saturated rings. The van der Waals surface area contributed by atoms with Crippen LogP contribution in [0, 0.1) is 6.92 Å². The summed E-state index contributed by atoms with van der Waals surface area (Å²) in [6.07, 6.45) is 1.91. The van der Waals surface area contributed by atoms with Crippen LogP contribution in [0.3, 0.4) is 0 Å². The standard InChI is InChI=1S/C11H22N4/c1-6-9(12)7-10-8(2)13-15(5)11(10)14(3)4/h9H,6-7,12H2,1-5H3. The zero-order valence-corrected chi connectivity index (χ0v) is 10.4. The van der Waals surface area contributed by atoms with E-state index < -0.39 is 0 Å². The summed E-state index contributed by atoms with van der Waals surface area (Å²) in [7, 11) is 6.05. The number of aryl methyl sites for hydroxylation is 2. The van der Waals surface area contributed by atoms with E-state index in [1.54, 1.807) is 0 Å². The molecule has 2 N–H and O–H groups in total. The molecular formula is C11H22N4. The van der Waals surface area contributed by atoms with Crippen molar-refractivity contribution >= 4 is 5.82 Å². The second kappa shape index (κ2) is 4.66. The molecule has 0 radical (unpaired) electrons. The van der Waals surface area contributed by atoms with Gasteiger partial charge in [-0.25, -0.2) is 0 Å². The summed E-state index contributed by atoms with van der Waals surface area (Å²) in [5, 5.41) is 4.44. The van der Waals surface area contributed by atoms with Gasteiger partial charge in [-0.3, -0.25) is 4.68 Å². The second-order valence-corrected chi connectivity index (χ2v) is 4.28. The minimum atomic E-state index is 0.228. The zero-order chi connectivity index (χ0) is 11.6. The molecular weight excluding hydrogens is 188 g/mol. The molecule has 4 nitrogen and oxygen atoms in total. The van der Waals surface area contributed by atoms with E-state index in [0.29, 0.717) is 0 Å². The van der Waals surface area contributed by atoms with E-state index in [1.807, 2.05) is 32.7 Å². The highest BCUT2D eigenvalue weighted by Crippen LogP contribution is 2.22. The van der Waals surface area contributed by atoms with E-state index in [4.69, 9.17) is 5.73 Å². The number of aromatic nitrogens is 2. The van der Waals surface area contributed by atoms with E-state index in [2.05, 4.69) is 16.9 Å². The van der Waals surface area contributed by atoms with Gasteiger partial charge in [0, 0.05) is 32.7 Å². The first-order valence-electron chi connectivity index (χ1n) is 5.42. The largest absolute Gasteiger partial charge is 0.363 e. The van der Waals surface area contributed by atoms with Gasteiger partial charge in [-0.05, 0) is 19.8 Å².